The van der Waals surface area contributed by atoms with E-state index in [-0.39, 0.29) is 5.76 Å². The third kappa shape index (κ3) is 3.34. The molecule has 2 aromatic rings. The Morgan fingerprint density at radius 2 is 2.00 bits per heavy atom. The van der Waals surface area contributed by atoms with E-state index in [1.165, 1.54) is 0 Å². The fraction of sp³-hybridized carbons (Fsp3) is 0.286. The molecule has 0 saturated heterocycles. The second-order valence-corrected chi connectivity index (χ2v) is 5.95. The number of benzene rings is 1. The first-order valence-electron chi connectivity index (χ1n) is 5.96. The molecule has 0 aliphatic carbocycles. The summed E-state index contributed by atoms with van der Waals surface area (Å²) in [5.74, 6) is -0.431. The van der Waals surface area contributed by atoms with Gasteiger partial charge in [-0.3, -0.25) is 0 Å². The zero-order valence-electron chi connectivity index (χ0n) is 10.7. The van der Waals surface area contributed by atoms with Crippen LogP contribution < -0.4 is 0 Å². The lowest BCUT2D eigenvalue weighted by molar-refractivity contribution is 0.0661. The summed E-state index contributed by atoms with van der Waals surface area (Å²) in [6.07, 6.45) is 0.593. The number of aromatic nitrogens is 1. The van der Waals surface area contributed by atoms with Crippen LogP contribution in [0.5, 0.6) is 0 Å². The van der Waals surface area contributed by atoms with Crippen molar-refractivity contribution in [3.05, 3.63) is 39.3 Å². The van der Waals surface area contributed by atoms with Crippen molar-refractivity contribution in [3.63, 3.8) is 0 Å². The lowest BCUT2D eigenvalue weighted by Gasteiger charge is -2.00. The number of rotatable bonds is 4. The van der Waals surface area contributed by atoms with Gasteiger partial charge in [0.1, 0.15) is 0 Å². The van der Waals surface area contributed by atoms with Gasteiger partial charge in [-0.2, -0.15) is 0 Å². The molecule has 0 atom stereocenters. The topological polar surface area (TPSA) is 63.3 Å². The Hall–Kier alpha value is -1.37. The van der Waals surface area contributed by atoms with Crippen LogP contribution in [0.3, 0.4) is 0 Å². The van der Waals surface area contributed by atoms with Crippen molar-refractivity contribution in [2.45, 2.75) is 20.3 Å². The minimum absolute atomic E-state index is 0.0535. The fourth-order valence-corrected chi connectivity index (χ4v) is 2.12. The summed E-state index contributed by atoms with van der Waals surface area (Å²) in [4.78, 5) is 15.5. The fourth-order valence-electron chi connectivity index (χ4n) is 1.76. The molecule has 5 heteroatoms. The number of aromatic carboxylic acids is 1. The summed E-state index contributed by atoms with van der Waals surface area (Å²) >= 11 is 2.21. The molecule has 0 spiro atoms. The van der Waals surface area contributed by atoms with E-state index < -0.39 is 5.97 Å². The van der Waals surface area contributed by atoms with Gasteiger partial charge in [-0.15, -0.1) is 0 Å². The molecule has 2 rings (SSSR count). The van der Waals surface area contributed by atoms with Crippen LogP contribution in [0.15, 0.2) is 28.7 Å². The van der Waals surface area contributed by atoms with Gasteiger partial charge in [0.05, 0.1) is 5.69 Å². The first-order chi connectivity index (χ1) is 8.97. The number of carbonyl (C=O) groups is 1. The SMILES string of the molecule is CC(C)Cc1nc(-c2ccc(I)cc2)oc1C(=O)O. The van der Waals surface area contributed by atoms with Crippen LogP contribution in [0.1, 0.15) is 30.1 Å². The molecule has 1 aromatic carbocycles. The maximum atomic E-state index is 11.2. The molecule has 1 heterocycles. The predicted octanol–water partition coefficient (Wildman–Crippen LogP) is 3.84. The highest BCUT2D eigenvalue weighted by atomic mass is 127. The van der Waals surface area contributed by atoms with Crippen molar-refractivity contribution >= 4 is 28.6 Å². The van der Waals surface area contributed by atoms with Gasteiger partial charge >= 0.3 is 5.97 Å². The highest BCUT2D eigenvalue weighted by Crippen LogP contribution is 2.24. The van der Waals surface area contributed by atoms with E-state index in [4.69, 9.17) is 9.52 Å². The molecule has 0 fully saturated rings. The van der Waals surface area contributed by atoms with Crippen molar-refractivity contribution in [1.29, 1.82) is 0 Å². The number of carboxylic acids is 1. The molecule has 1 aromatic heterocycles. The van der Waals surface area contributed by atoms with E-state index >= 15 is 0 Å². The molecular weight excluding hydrogens is 357 g/mol. The van der Waals surface area contributed by atoms with Crippen LogP contribution in [0.2, 0.25) is 0 Å². The van der Waals surface area contributed by atoms with Crippen LogP contribution >= 0.6 is 22.6 Å². The largest absolute Gasteiger partial charge is 0.475 e. The van der Waals surface area contributed by atoms with Gasteiger partial charge in [-0.1, -0.05) is 13.8 Å². The van der Waals surface area contributed by atoms with E-state index in [2.05, 4.69) is 27.6 Å². The van der Waals surface area contributed by atoms with Gasteiger partial charge in [-0.25, -0.2) is 9.78 Å². The maximum Gasteiger partial charge on any atom is 0.373 e. The van der Waals surface area contributed by atoms with Gasteiger partial charge in [0.2, 0.25) is 11.7 Å². The quantitative estimate of drug-likeness (QED) is 0.830. The number of carboxylic acid groups (broad SMARTS) is 1. The zero-order valence-corrected chi connectivity index (χ0v) is 12.8. The molecule has 100 valence electrons. The molecule has 0 radical (unpaired) electrons. The molecule has 0 amide bonds. The van der Waals surface area contributed by atoms with Crippen molar-refractivity contribution < 1.29 is 14.3 Å². The minimum atomic E-state index is -1.07. The summed E-state index contributed by atoms with van der Waals surface area (Å²) in [5.41, 5.74) is 1.30. The molecule has 1 N–H and O–H groups in total. The molecule has 0 unspecified atom stereocenters. The smallest absolute Gasteiger partial charge is 0.373 e. The average molecular weight is 371 g/mol. The van der Waals surface area contributed by atoms with E-state index in [0.29, 0.717) is 23.9 Å². The predicted molar refractivity (Wildman–Crippen MR) is 80.2 cm³/mol. The highest BCUT2D eigenvalue weighted by molar-refractivity contribution is 14.1. The minimum Gasteiger partial charge on any atom is -0.475 e. The van der Waals surface area contributed by atoms with E-state index in [1.54, 1.807) is 0 Å². The molecule has 0 aliphatic rings. The Bertz CT molecular complexity index is 587. The number of oxazole rings is 1. The summed E-state index contributed by atoms with van der Waals surface area (Å²) < 4.78 is 6.50. The van der Waals surface area contributed by atoms with E-state index in [1.807, 2.05) is 38.1 Å². The summed E-state index contributed by atoms with van der Waals surface area (Å²) in [6.45, 7) is 4.04. The normalized spacial score (nSPS) is 10.9. The van der Waals surface area contributed by atoms with Gasteiger partial charge in [0, 0.05) is 9.13 Å². The summed E-state index contributed by atoms with van der Waals surface area (Å²) in [6, 6.07) is 7.61. The van der Waals surface area contributed by atoms with Crippen molar-refractivity contribution in [3.8, 4) is 11.5 Å². The van der Waals surface area contributed by atoms with E-state index in [9.17, 15) is 4.79 Å². The van der Waals surface area contributed by atoms with Crippen LogP contribution in [0.25, 0.3) is 11.5 Å². The lowest BCUT2D eigenvalue weighted by atomic mass is 10.1. The molecule has 19 heavy (non-hydrogen) atoms. The molecule has 0 saturated carbocycles. The number of halogens is 1. The first-order valence-corrected chi connectivity index (χ1v) is 7.04. The van der Waals surface area contributed by atoms with Crippen LogP contribution in [-0.2, 0) is 6.42 Å². The monoisotopic (exact) mass is 371 g/mol. The third-order valence-electron chi connectivity index (χ3n) is 2.58. The Labute approximate surface area is 125 Å². The van der Waals surface area contributed by atoms with Crippen molar-refractivity contribution in [1.82, 2.24) is 4.98 Å². The summed E-state index contributed by atoms with van der Waals surface area (Å²) in [7, 11) is 0. The number of nitrogens with zero attached hydrogens (tertiary/aromatic N) is 1. The van der Waals surface area contributed by atoms with Gasteiger partial charge in [-0.05, 0) is 59.2 Å². The standard InChI is InChI=1S/C14H14INO3/c1-8(2)7-11-12(14(17)18)19-13(16-11)9-3-5-10(15)6-4-9/h3-6,8H,7H2,1-2H3,(H,17,18). The van der Waals surface area contributed by atoms with Crippen LogP contribution in [0, 0.1) is 9.49 Å². The van der Waals surface area contributed by atoms with Gasteiger partial charge in [0.25, 0.3) is 0 Å². The maximum absolute atomic E-state index is 11.2. The Morgan fingerprint density at radius 1 is 1.37 bits per heavy atom. The molecular formula is C14H14INO3. The molecule has 0 bridgehead atoms. The Kier molecular flexibility index (Phi) is 4.24. The zero-order chi connectivity index (χ0) is 14.0. The average Bonchev–Trinajstić information content (AvgIpc) is 2.73. The highest BCUT2D eigenvalue weighted by Gasteiger charge is 2.20. The van der Waals surface area contributed by atoms with Crippen molar-refractivity contribution in [2.75, 3.05) is 0 Å². The second-order valence-electron chi connectivity index (χ2n) is 4.70. The van der Waals surface area contributed by atoms with Crippen LogP contribution in [0.4, 0.5) is 0 Å². The number of hydrogen-bond acceptors (Lipinski definition) is 3. The lowest BCUT2D eigenvalue weighted by Crippen LogP contribution is -2.03. The van der Waals surface area contributed by atoms with E-state index in [0.717, 1.165) is 9.13 Å². The number of hydrogen-bond donors (Lipinski definition) is 1. The third-order valence-corrected chi connectivity index (χ3v) is 3.30. The van der Waals surface area contributed by atoms with Crippen molar-refractivity contribution in [2.24, 2.45) is 5.92 Å². The Balaban J connectivity index is 2.42. The Morgan fingerprint density at radius 3 is 2.53 bits per heavy atom. The second kappa shape index (κ2) is 5.73. The summed E-state index contributed by atoms with van der Waals surface area (Å²) in [5, 5.41) is 9.15. The molecule has 0 aliphatic heterocycles. The van der Waals surface area contributed by atoms with Crippen LogP contribution in [-0.4, -0.2) is 16.1 Å². The van der Waals surface area contributed by atoms with Gasteiger partial charge in [0.15, 0.2) is 0 Å². The molecule has 4 nitrogen and oxygen atoms in total. The van der Waals surface area contributed by atoms with Gasteiger partial charge < -0.3 is 9.52 Å². The first kappa shape index (κ1) is 14.0.